The second-order valence-electron chi connectivity index (χ2n) is 7.22. The molecule has 0 saturated carbocycles. The van der Waals surface area contributed by atoms with E-state index in [1.807, 2.05) is 4.90 Å². The highest BCUT2D eigenvalue weighted by atomic mass is 19.4. The number of benzene rings is 2. The highest BCUT2D eigenvalue weighted by Crippen LogP contribution is 2.35. The molecule has 2 heterocycles. The molecule has 3 aromatic rings. The normalized spacial score (nSPS) is 14.6. The maximum Gasteiger partial charge on any atom is 0.416 e. The molecule has 1 aliphatic rings. The molecule has 168 valence electrons. The fraction of sp³-hybridized carbons (Fsp3) is 0.286. The van der Waals surface area contributed by atoms with Crippen molar-refractivity contribution in [1.82, 2.24) is 9.55 Å². The second-order valence-corrected chi connectivity index (χ2v) is 7.22. The lowest BCUT2D eigenvalue weighted by Gasteiger charge is -2.31. The number of nitrogens with zero attached hydrogens (tertiary/aromatic N) is 3. The molecule has 11 heteroatoms. The molecule has 0 spiro atoms. The van der Waals surface area contributed by atoms with Gasteiger partial charge >= 0.3 is 6.18 Å². The lowest BCUT2D eigenvalue weighted by molar-refractivity contribution is -0.137. The first-order chi connectivity index (χ1) is 15.2. The Balaban J connectivity index is 1.62. The van der Waals surface area contributed by atoms with Gasteiger partial charge in [0.05, 0.1) is 47.4 Å². The van der Waals surface area contributed by atoms with Crippen molar-refractivity contribution in [2.75, 3.05) is 36.5 Å². The number of amides is 1. The number of carbonyl (C=O) groups excluding carboxylic acids is 1. The van der Waals surface area contributed by atoms with E-state index in [1.165, 1.54) is 12.1 Å². The summed E-state index contributed by atoms with van der Waals surface area (Å²) in [5, 5.41) is 2.47. The molecule has 0 bridgehead atoms. The first-order valence-electron chi connectivity index (χ1n) is 9.71. The summed E-state index contributed by atoms with van der Waals surface area (Å²) in [6.07, 6.45) is -3.45. The number of anilines is 2. The van der Waals surface area contributed by atoms with Crippen LogP contribution in [0.1, 0.15) is 5.56 Å². The molecule has 1 N–H and O–H groups in total. The van der Waals surface area contributed by atoms with E-state index in [-0.39, 0.29) is 16.6 Å². The number of nitrogens with one attached hydrogen (secondary N) is 1. The molecule has 0 atom stereocenters. The zero-order chi connectivity index (χ0) is 22.9. The van der Waals surface area contributed by atoms with Crippen LogP contribution in [0.25, 0.3) is 10.9 Å². The summed E-state index contributed by atoms with van der Waals surface area (Å²) >= 11 is 0. The van der Waals surface area contributed by atoms with Crippen LogP contribution in [0, 0.1) is 5.82 Å². The summed E-state index contributed by atoms with van der Waals surface area (Å²) in [5.41, 5.74) is -0.896. The summed E-state index contributed by atoms with van der Waals surface area (Å²) in [6, 6.07) is 6.63. The number of morpholine rings is 1. The molecule has 1 aliphatic heterocycles. The number of rotatable bonds is 4. The van der Waals surface area contributed by atoms with Crippen LogP contribution < -0.4 is 15.8 Å². The molecule has 1 amide bonds. The van der Waals surface area contributed by atoms with Crippen LogP contribution in [0.4, 0.5) is 28.9 Å². The molecular formula is C21H18F4N4O3. The van der Waals surface area contributed by atoms with Crippen LogP contribution in [0.3, 0.4) is 0 Å². The van der Waals surface area contributed by atoms with Gasteiger partial charge in [0.1, 0.15) is 12.4 Å². The first kappa shape index (κ1) is 21.8. The van der Waals surface area contributed by atoms with Crippen LogP contribution in [-0.4, -0.2) is 41.8 Å². The van der Waals surface area contributed by atoms with Crippen molar-refractivity contribution >= 4 is 28.2 Å². The first-order valence-corrected chi connectivity index (χ1v) is 9.71. The number of ether oxygens (including phenoxy) is 1. The van der Waals surface area contributed by atoms with Crippen LogP contribution in [-0.2, 0) is 22.3 Å². The molecule has 2 aromatic carbocycles. The van der Waals surface area contributed by atoms with Crippen LogP contribution in [0.15, 0.2) is 47.5 Å². The topological polar surface area (TPSA) is 76.5 Å². The average Bonchev–Trinajstić information content (AvgIpc) is 2.76. The lowest BCUT2D eigenvalue weighted by Crippen LogP contribution is -2.37. The van der Waals surface area contributed by atoms with E-state index in [0.717, 1.165) is 35.2 Å². The third kappa shape index (κ3) is 4.57. The van der Waals surface area contributed by atoms with Gasteiger partial charge in [0.15, 0.2) is 0 Å². The number of aromatic nitrogens is 2. The SMILES string of the molecule is O=C(Cn1cnc2ccc(F)cc2c1=O)Nc1cc(C(F)(F)F)ccc1N1CCOCC1. The number of hydrogen-bond acceptors (Lipinski definition) is 5. The smallest absolute Gasteiger partial charge is 0.378 e. The standard InChI is InChI=1S/C21H18F4N4O3/c22-14-2-3-16-15(10-14)20(31)29(12-26-16)11-19(30)27-17-9-13(21(23,24)25)1-4-18(17)28-5-7-32-8-6-28/h1-4,9-10,12H,5-8,11H2,(H,27,30). The average molecular weight is 450 g/mol. The van der Waals surface area contributed by atoms with Gasteiger partial charge in [-0.05, 0) is 36.4 Å². The summed E-state index contributed by atoms with van der Waals surface area (Å²) in [4.78, 5) is 31.0. The number of carbonyl (C=O) groups is 1. The van der Waals surface area contributed by atoms with E-state index in [1.54, 1.807) is 0 Å². The summed E-state index contributed by atoms with van der Waals surface area (Å²) in [5.74, 6) is -1.35. The van der Waals surface area contributed by atoms with Crippen molar-refractivity contribution in [3.8, 4) is 0 Å². The van der Waals surface area contributed by atoms with Gasteiger partial charge < -0.3 is 15.0 Å². The van der Waals surface area contributed by atoms with Crippen molar-refractivity contribution in [1.29, 1.82) is 0 Å². The number of hydrogen-bond donors (Lipinski definition) is 1. The molecule has 1 aromatic heterocycles. The van der Waals surface area contributed by atoms with Gasteiger partial charge in [0.2, 0.25) is 5.91 Å². The fourth-order valence-corrected chi connectivity index (χ4v) is 3.48. The van der Waals surface area contributed by atoms with Crippen LogP contribution in [0.5, 0.6) is 0 Å². The largest absolute Gasteiger partial charge is 0.416 e. The molecule has 1 fully saturated rings. The van der Waals surface area contributed by atoms with Gasteiger partial charge in [-0.15, -0.1) is 0 Å². The summed E-state index contributed by atoms with van der Waals surface area (Å²) in [7, 11) is 0. The van der Waals surface area contributed by atoms with E-state index < -0.39 is 35.6 Å². The number of fused-ring (bicyclic) bond motifs is 1. The zero-order valence-corrected chi connectivity index (χ0v) is 16.7. The third-order valence-corrected chi connectivity index (χ3v) is 5.05. The van der Waals surface area contributed by atoms with Gasteiger partial charge in [-0.3, -0.25) is 14.2 Å². The highest BCUT2D eigenvalue weighted by molar-refractivity contribution is 5.94. The molecule has 7 nitrogen and oxygen atoms in total. The van der Waals surface area contributed by atoms with Gasteiger partial charge in [-0.2, -0.15) is 13.2 Å². The minimum atomic E-state index is -4.59. The van der Waals surface area contributed by atoms with Gasteiger partial charge in [0, 0.05) is 13.1 Å². The quantitative estimate of drug-likeness (QED) is 0.619. The van der Waals surface area contributed by atoms with Gasteiger partial charge in [0.25, 0.3) is 5.56 Å². The third-order valence-electron chi connectivity index (χ3n) is 5.05. The molecule has 0 unspecified atom stereocenters. The van der Waals surface area contributed by atoms with E-state index in [4.69, 9.17) is 4.74 Å². The monoisotopic (exact) mass is 450 g/mol. The van der Waals surface area contributed by atoms with E-state index in [9.17, 15) is 27.2 Å². The molecule has 0 aliphatic carbocycles. The Morgan fingerprint density at radius 2 is 1.88 bits per heavy atom. The minimum absolute atomic E-state index is 0.00613. The van der Waals surface area contributed by atoms with Crippen molar-refractivity contribution in [2.45, 2.75) is 12.7 Å². The Morgan fingerprint density at radius 3 is 2.59 bits per heavy atom. The van der Waals surface area contributed by atoms with Gasteiger partial charge in [-0.25, -0.2) is 9.37 Å². The molecule has 1 saturated heterocycles. The molecular weight excluding hydrogens is 432 g/mol. The maximum atomic E-state index is 13.5. The van der Waals surface area contributed by atoms with E-state index in [0.29, 0.717) is 32.0 Å². The summed E-state index contributed by atoms with van der Waals surface area (Å²) in [6.45, 7) is 1.21. The number of halogens is 4. The Kier molecular flexibility index (Phi) is 5.83. The lowest BCUT2D eigenvalue weighted by atomic mass is 10.1. The predicted octanol–water partition coefficient (Wildman–Crippen LogP) is 3.03. The second kappa shape index (κ2) is 8.58. The van der Waals surface area contributed by atoms with E-state index in [2.05, 4.69) is 10.3 Å². The van der Waals surface area contributed by atoms with Crippen molar-refractivity contribution < 1.29 is 27.1 Å². The van der Waals surface area contributed by atoms with Crippen molar-refractivity contribution in [3.63, 3.8) is 0 Å². The van der Waals surface area contributed by atoms with Crippen LogP contribution in [0.2, 0.25) is 0 Å². The van der Waals surface area contributed by atoms with Crippen molar-refractivity contribution in [2.24, 2.45) is 0 Å². The highest BCUT2D eigenvalue weighted by Gasteiger charge is 2.32. The van der Waals surface area contributed by atoms with Crippen molar-refractivity contribution in [3.05, 3.63) is 64.5 Å². The zero-order valence-electron chi connectivity index (χ0n) is 16.7. The Labute approximate surface area is 179 Å². The van der Waals surface area contributed by atoms with Gasteiger partial charge in [-0.1, -0.05) is 0 Å². The Bertz CT molecular complexity index is 1220. The fourth-order valence-electron chi connectivity index (χ4n) is 3.48. The maximum absolute atomic E-state index is 13.5. The van der Waals surface area contributed by atoms with Crippen LogP contribution >= 0.6 is 0 Å². The molecule has 4 rings (SSSR count). The molecule has 32 heavy (non-hydrogen) atoms. The summed E-state index contributed by atoms with van der Waals surface area (Å²) < 4.78 is 59.4. The Hall–Kier alpha value is -3.47. The predicted molar refractivity (Wildman–Crippen MR) is 109 cm³/mol. The molecule has 0 radical (unpaired) electrons. The number of alkyl halides is 3. The van der Waals surface area contributed by atoms with E-state index >= 15 is 0 Å². The minimum Gasteiger partial charge on any atom is -0.378 e. The Morgan fingerprint density at radius 1 is 1.12 bits per heavy atom.